The van der Waals surface area contributed by atoms with E-state index in [4.69, 9.17) is 0 Å². The summed E-state index contributed by atoms with van der Waals surface area (Å²) in [6, 6.07) is -1.17. The summed E-state index contributed by atoms with van der Waals surface area (Å²) in [5, 5.41) is 12.8. The molecule has 1 saturated carbocycles. The first-order chi connectivity index (χ1) is 10.5. The number of nitrogens with zero attached hydrogens (tertiary/aromatic N) is 2. The molecule has 23 heavy (non-hydrogen) atoms. The van der Waals surface area contributed by atoms with Crippen molar-refractivity contribution in [3.8, 4) is 0 Å². The Morgan fingerprint density at radius 3 is 2.43 bits per heavy atom. The van der Waals surface area contributed by atoms with Gasteiger partial charge in [-0.3, -0.25) is 4.68 Å². The van der Waals surface area contributed by atoms with Crippen molar-refractivity contribution < 1.29 is 35.8 Å². The first-order valence-electron chi connectivity index (χ1n) is 7.06. The Kier molecular flexibility index (Phi) is 3.66. The molecule has 0 bridgehead atoms. The number of aliphatic hydroxyl groups excluding tert-OH is 1. The molecule has 2 aliphatic rings. The van der Waals surface area contributed by atoms with E-state index in [0.29, 0.717) is 4.68 Å². The summed E-state index contributed by atoms with van der Waals surface area (Å²) in [4.78, 5) is 0. The van der Waals surface area contributed by atoms with E-state index in [1.807, 2.05) is 0 Å². The van der Waals surface area contributed by atoms with Crippen molar-refractivity contribution >= 4 is 0 Å². The maximum atomic E-state index is 14.0. The highest BCUT2D eigenvalue weighted by Crippen LogP contribution is 2.51. The zero-order chi connectivity index (χ0) is 17.2. The molecule has 1 fully saturated rings. The van der Waals surface area contributed by atoms with Crippen molar-refractivity contribution in [1.82, 2.24) is 9.78 Å². The SMILES string of the molecule is OC1c2c(C(F)(F)F)nn(C3CCCC(F)(F)C3)c2C(F)C1F. The molecule has 4 atom stereocenters. The number of hydrogen-bond acceptors (Lipinski definition) is 2. The largest absolute Gasteiger partial charge is 0.435 e. The van der Waals surface area contributed by atoms with Gasteiger partial charge in [0, 0.05) is 18.4 Å². The van der Waals surface area contributed by atoms with Crippen LogP contribution in [0.4, 0.5) is 30.7 Å². The minimum atomic E-state index is -5.04. The van der Waals surface area contributed by atoms with E-state index in [9.17, 15) is 35.8 Å². The van der Waals surface area contributed by atoms with Crippen molar-refractivity contribution in [2.75, 3.05) is 0 Å². The molecule has 10 heteroatoms. The zero-order valence-electron chi connectivity index (χ0n) is 11.6. The van der Waals surface area contributed by atoms with Crippen LogP contribution in [-0.2, 0) is 6.18 Å². The van der Waals surface area contributed by atoms with Crippen LogP contribution in [0.15, 0.2) is 0 Å². The highest BCUT2D eigenvalue weighted by atomic mass is 19.4. The van der Waals surface area contributed by atoms with Gasteiger partial charge in [0.25, 0.3) is 0 Å². The van der Waals surface area contributed by atoms with Crippen LogP contribution in [0.1, 0.15) is 61.0 Å². The first kappa shape index (κ1) is 16.5. The Balaban J connectivity index is 2.11. The third-order valence-corrected chi connectivity index (χ3v) is 4.35. The third-order valence-electron chi connectivity index (χ3n) is 4.35. The smallest absolute Gasteiger partial charge is 0.385 e. The van der Waals surface area contributed by atoms with Crippen LogP contribution < -0.4 is 0 Å². The molecular formula is C13H13F7N2O. The molecule has 0 radical (unpaired) electrons. The average Bonchev–Trinajstić information content (AvgIpc) is 2.92. The summed E-state index contributed by atoms with van der Waals surface area (Å²) in [5.74, 6) is -3.10. The van der Waals surface area contributed by atoms with Crippen LogP contribution in [0.3, 0.4) is 0 Å². The number of aromatic nitrogens is 2. The minimum Gasteiger partial charge on any atom is -0.385 e. The van der Waals surface area contributed by atoms with E-state index in [2.05, 4.69) is 5.10 Å². The first-order valence-corrected chi connectivity index (χ1v) is 7.06. The maximum absolute atomic E-state index is 14.0. The minimum absolute atomic E-state index is 0.0339. The van der Waals surface area contributed by atoms with Gasteiger partial charge in [-0.25, -0.2) is 17.6 Å². The van der Waals surface area contributed by atoms with Crippen molar-refractivity contribution in [3.63, 3.8) is 0 Å². The van der Waals surface area contributed by atoms with Gasteiger partial charge >= 0.3 is 6.18 Å². The molecule has 3 rings (SSSR count). The number of rotatable bonds is 1. The van der Waals surface area contributed by atoms with Crippen molar-refractivity contribution in [2.45, 2.75) is 62.3 Å². The predicted octanol–water partition coefficient (Wildman–Crippen LogP) is 4.05. The summed E-state index contributed by atoms with van der Waals surface area (Å²) in [5.41, 5.74) is -3.37. The Labute approximate surface area is 126 Å². The lowest BCUT2D eigenvalue weighted by Crippen LogP contribution is -2.30. The molecule has 0 saturated heterocycles. The van der Waals surface area contributed by atoms with Crippen LogP contribution in [0, 0.1) is 0 Å². The van der Waals surface area contributed by atoms with Crippen molar-refractivity contribution in [1.29, 1.82) is 0 Å². The summed E-state index contributed by atoms with van der Waals surface area (Å²) in [7, 11) is 0. The highest BCUT2D eigenvalue weighted by Gasteiger charge is 2.53. The molecule has 0 aliphatic heterocycles. The molecule has 1 heterocycles. The Morgan fingerprint density at radius 2 is 1.87 bits per heavy atom. The molecule has 0 amide bonds. The summed E-state index contributed by atoms with van der Waals surface area (Å²) in [6.07, 6.45) is -13.5. The van der Waals surface area contributed by atoms with Crippen LogP contribution in [0.25, 0.3) is 0 Å². The molecule has 1 aromatic rings. The molecular weight excluding hydrogens is 333 g/mol. The van der Waals surface area contributed by atoms with E-state index < -0.39 is 66.4 Å². The number of fused-ring (bicyclic) bond motifs is 1. The van der Waals surface area contributed by atoms with Crippen LogP contribution >= 0.6 is 0 Å². The Hall–Kier alpha value is -1.32. The lowest BCUT2D eigenvalue weighted by Gasteiger charge is -2.30. The lowest BCUT2D eigenvalue weighted by atomic mass is 9.92. The third kappa shape index (κ3) is 2.60. The highest BCUT2D eigenvalue weighted by molar-refractivity contribution is 5.39. The van der Waals surface area contributed by atoms with Gasteiger partial charge in [0.15, 0.2) is 18.0 Å². The van der Waals surface area contributed by atoms with Gasteiger partial charge in [0.05, 0.1) is 11.7 Å². The van der Waals surface area contributed by atoms with Gasteiger partial charge in [-0.1, -0.05) is 0 Å². The fourth-order valence-corrected chi connectivity index (χ4v) is 3.34. The zero-order valence-corrected chi connectivity index (χ0v) is 11.6. The van der Waals surface area contributed by atoms with E-state index in [1.54, 1.807) is 0 Å². The second-order valence-electron chi connectivity index (χ2n) is 5.99. The molecule has 2 aliphatic carbocycles. The molecule has 4 unspecified atom stereocenters. The van der Waals surface area contributed by atoms with Gasteiger partial charge in [-0.15, -0.1) is 0 Å². The van der Waals surface area contributed by atoms with Gasteiger partial charge in [0.2, 0.25) is 5.92 Å². The van der Waals surface area contributed by atoms with Gasteiger partial charge in [-0.05, 0) is 12.8 Å². The monoisotopic (exact) mass is 346 g/mol. The van der Waals surface area contributed by atoms with Gasteiger partial charge in [-0.2, -0.15) is 18.3 Å². The van der Waals surface area contributed by atoms with E-state index in [1.165, 1.54) is 0 Å². The summed E-state index contributed by atoms with van der Waals surface area (Å²) >= 11 is 0. The van der Waals surface area contributed by atoms with E-state index >= 15 is 0 Å². The van der Waals surface area contributed by atoms with Gasteiger partial charge < -0.3 is 5.11 Å². The molecule has 130 valence electrons. The van der Waals surface area contributed by atoms with Gasteiger partial charge in [0.1, 0.15) is 6.10 Å². The standard InChI is InChI=1S/C13H13F7N2O/c14-7-8(15)10(23)6-9(7)22(21-11(6)13(18,19)20)5-2-1-3-12(16,17)4-5/h5,7-8,10,23H,1-4H2. The van der Waals surface area contributed by atoms with E-state index in [-0.39, 0.29) is 12.8 Å². The number of halogens is 7. The van der Waals surface area contributed by atoms with Crippen LogP contribution in [0.2, 0.25) is 0 Å². The maximum Gasteiger partial charge on any atom is 0.435 e. The fourth-order valence-electron chi connectivity index (χ4n) is 3.34. The normalized spacial score (nSPS) is 33.7. The molecule has 1 aromatic heterocycles. The van der Waals surface area contributed by atoms with Crippen LogP contribution in [-0.4, -0.2) is 27.0 Å². The van der Waals surface area contributed by atoms with Crippen molar-refractivity contribution in [3.05, 3.63) is 17.0 Å². The van der Waals surface area contributed by atoms with E-state index in [0.717, 1.165) is 0 Å². The number of hydrogen-bond donors (Lipinski definition) is 1. The molecule has 0 aromatic carbocycles. The Bertz CT molecular complexity index is 612. The molecule has 3 nitrogen and oxygen atoms in total. The Morgan fingerprint density at radius 1 is 1.22 bits per heavy atom. The second-order valence-corrected chi connectivity index (χ2v) is 5.99. The second kappa shape index (κ2) is 5.09. The fraction of sp³-hybridized carbons (Fsp3) is 0.769. The number of alkyl halides is 7. The molecule has 1 N–H and O–H groups in total. The lowest BCUT2D eigenvalue weighted by molar-refractivity contribution is -0.143. The molecule has 0 spiro atoms. The van der Waals surface area contributed by atoms with Crippen LogP contribution in [0.5, 0.6) is 0 Å². The predicted molar refractivity (Wildman–Crippen MR) is 63.4 cm³/mol. The number of aliphatic hydroxyl groups is 1. The summed E-state index contributed by atoms with van der Waals surface area (Å²) < 4.78 is 94.2. The quantitative estimate of drug-likeness (QED) is 0.779. The topological polar surface area (TPSA) is 38.1 Å². The average molecular weight is 346 g/mol. The van der Waals surface area contributed by atoms with Crippen molar-refractivity contribution in [2.24, 2.45) is 0 Å². The summed E-state index contributed by atoms with van der Waals surface area (Å²) in [6.45, 7) is 0.